The van der Waals surface area contributed by atoms with Gasteiger partial charge >= 0.3 is 0 Å². The van der Waals surface area contributed by atoms with Crippen molar-refractivity contribution in [3.05, 3.63) is 35.1 Å². The summed E-state index contributed by atoms with van der Waals surface area (Å²) in [6, 6.07) is 6.33. The van der Waals surface area contributed by atoms with Gasteiger partial charge in [-0.05, 0) is 43.1 Å². The van der Waals surface area contributed by atoms with Crippen LogP contribution in [0.2, 0.25) is 0 Å². The summed E-state index contributed by atoms with van der Waals surface area (Å²) in [5, 5.41) is 11.9. The third kappa shape index (κ3) is 5.43. The van der Waals surface area contributed by atoms with E-state index < -0.39 is 0 Å². The first-order valence-electron chi connectivity index (χ1n) is 5.65. The van der Waals surface area contributed by atoms with E-state index in [2.05, 4.69) is 5.32 Å². The summed E-state index contributed by atoms with van der Waals surface area (Å²) in [6.07, 6.45) is 2.03. The van der Waals surface area contributed by atoms with Gasteiger partial charge in [-0.1, -0.05) is 0 Å². The lowest BCUT2D eigenvalue weighted by Crippen LogP contribution is -2.15. The lowest BCUT2D eigenvalue weighted by Gasteiger charge is -2.05. The largest absolute Gasteiger partial charge is 0.385 e. The van der Waals surface area contributed by atoms with Crippen LogP contribution in [-0.2, 0) is 11.3 Å². The number of nitrogens with zero attached hydrogens (tertiary/aromatic N) is 1. The fourth-order valence-corrected chi connectivity index (χ4v) is 1.55. The molecule has 0 fully saturated rings. The van der Waals surface area contributed by atoms with Gasteiger partial charge in [0.05, 0.1) is 11.6 Å². The second kappa shape index (κ2) is 7.77. The van der Waals surface area contributed by atoms with E-state index in [4.69, 9.17) is 10.00 Å². The number of unbranched alkanes of at least 4 members (excludes halogenated alkanes) is 1. The predicted molar refractivity (Wildman–Crippen MR) is 63.9 cm³/mol. The smallest absolute Gasteiger partial charge is 0.124 e. The Morgan fingerprint density at radius 3 is 2.88 bits per heavy atom. The van der Waals surface area contributed by atoms with Crippen molar-refractivity contribution in [2.24, 2.45) is 0 Å². The summed E-state index contributed by atoms with van der Waals surface area (Å²) in [5.41, 5.74) is 1.16. The monoisotopic (exact) mass is 236 g/mol. The Morgan fingerprint density at radius 1 is 1.35 bits per heavy atom. The summed E-state index contributed by atoms with van der Waals surface area (Å²) in [6.45, 7) is 2.21. The highest BCUT2D eigenvalue weighted by Gasteiger charge is 2.00. The van der Waals surface area contributed by atoms with Gasteiger partial charge in [-0.25, -0.2) is 4.39 Å². The van der Waals surface area contributed by atoms with Crippen LogP contribution >= 0.6 is 0 Å². The van der Waals surface area contributed by atoms with Crippen LogP contribution in [-0.4, -0.2) is 20.3 Å². The predicted octanol–water partition coefficient (Wildman–Crippen LogP) is 2.21. The number of hydrogen-bond donors (Lipinski definition) is 1. The summed E-state index contributed by atoms with van der Waals surface area (Å²) >= 11 is 0. The molecule has 17 heavy (non-hydrogen) atoms. The molecule has 0 aromatic heterocycles. The molecular weight excluding hydrogens is 219 g/mol. The van der Waals surface area contributed by atoms with Gasteiger partial charge in [-0.2, -0.15) is 5.26 Å². The van der Waals surface area contributed by atoms with Crippen LogP contribution in [0, 0.1) is 17.1 Å². The zero-order chi connectivity index (χ0) is 12.5. The summed E-state index contributed by atoms with van der Waals surface area (Å²) in [5.74, 6) is -0.361. The topological polar surface area (TPSA) is 45.0 Å². The normalized spacial score (nSPS) is 10.2. The molecule has 4 heteroatoms. The van der Waals surface area contributed by atoms with Gasteiger partial charge in [-0.3, -0.25) is 0 Å². The SMILES string of the molecule is COCCCCNCc1cc(F)cc(C#N)c1. The van der Waals surface area contributed by atoms with Crippen LogP contribution in [0.4, 0.5) is 4.39 Å². The van der Waals surface area contributed by atoms with E-state index in [0.29, 0.717) is 12.1 Å². The van der Waals surface area contributed by atoms with Crippen molar-refractivity contribution in [3.63, 3.8) is 0 Å². The number of nitrogens with one attached hydrogen (secondary N) is 1. The Bertz CT molecular complexity index is 387. The highest BCUT2D eigenvalue weighted by atomic mass is 19.1. The van der Waals surface area contributed by atoms with Crippen LogP contribution in [0.25, 0.3) is 0 Å². The number of nitriles is 1. The zero-order valence-corrected chi connectivity index (χ0v) is 10.0. The first-order valence-corrected chi connectivity index (χ1v) is 5.65. The molecule has 0 saturated carbocycles. The number of ether oxygens (including phenoxy) is 1. The van der Waals surface area contributed by atoms with Gasteiger partial charge < -0.3 is 10.1 Å². The molecule has 0 heterocycles. The van der Waals surface area contributed by atoms with Crippen LogP contribution in [0.1, 0.15) is 24.0 Å². The van der Waals surface area contributed by atoms with E-state index in [1.807, 2.05) is 6.07 Å². The van der Waals surface area contributed by atoms with E-state index >= 15 is 0 Å². The highest BCUT2D eigenvalue weighted by molar-refractivity contribution is 5.33. The summed E-state index contributed by atoms with van der Waals surface area (Å²) < 4.78 is 18.0. The summed E-state index contributed by atoms with van der Waals surface area (Å²) in [4.78, 5) is 0. The Labute approximate surface area is 101 Å². The molecule has 92 valence electrons. The molecule has 0 aliphatic rings. The quantitative estimate of drug-likeness (QED) is 0.738. The second-order valence-corrected chi connectivity index (χ2v) is 3.84. The van der Waals surface area contributed by atoms with Crippen LogP contribution in [0.15, 0.2) is 18.2 Å². The van der Waals surface area contributed by atoms with Crippen LogP contribution in [0.3, 0.4) is 0 Å². The van der Waals surface area contributed by atoms with Crippen molar-refractivity contribution in [2.75, 3.05) is 20.3 Å². The first kappa shape index (κ1) is 13.6. The molecule has 0 aliphatic heterocycles. The number of halogens is 1. The molecule has 3 nitrogen and oxygen atoms in total. The van der Waals surface area contributed by atoms with E-state index in [1.54, 1.807) is 13.2 Å². The van der Waals surface area contributed by atoms with Crippen molar-refractivity contribution in [2.45, 2.75) is 19.4 Å². The third-order valence-corrected chi connectivity index (χ3v) is 2.37. The fraction of sp³-hybridized carbons (Fsp3) is 0.462. The first-order chi connectivity index (χ1) is 8.26. The molecule has 1 N–H and O–H groups in total. The minimum absolute atomic E-state index is 0.361. The molecule has 0 atom stereocenters. The maximum absolute atomic E-state index is 13.1. The Kier molecular flexibility index (Phi) is 6.23. The molecular formula is C13H17FN2O. The number of methoxy groups -OCH3 is 1. The maximum atomic E-state index is 13.1. The van der Waals surface area contributed by atoms with Crippen molar-refractivity contribution in [3.8, 4) is 6.07 Å². The molecule has 1 aromatic carbocycles. The zero-order valence-electron chi connectivity index (χ0n) is 10.0. The Morgan fingerprint density at radius 2 is 2.18 bits per heavy atom. The van der Waals surface area contributed by atoms with Crippen molar-refractivity contribution >= 4 is 0 Å². The average molecular weight is 236 g/mol. The molecule has 0 aliphatic carbocycles. The Hall–Kier alpha value is -1.44. The van der Waals surface area contributed by atoms with Crippen LogP contribution in [0.5, 0.6) is 0 Å². The number of hydrogen-bond acceptors (Lipinski definition) is 3. The molecule has 1 rings (SSSR count). The standard InChI is InChI=1S/C13H17FN2O/c1-17-5-3-2-4-16-10-12-6-11(9-15)7-13(14)8-12/h6-8,16H,2-5,10H2,1H3. The maximum Gasteiger partial charge on any atom is 0.124 e. The minimum atomic E-state index is -0.361. The molecule has 0 unspecified atom stereocenters. The minimum Gasteiger partial charge on any atom is -0.385 e. The molecule has 0 amide bonds. The number of benzene rings is 1. The molecule has 0 spiro atoms. The Balaban J connectivity index is 2.32. The van der Waals surface area contributed by atoms with Gasteiger partial charge in [0, 0.05) is 20.3 Å². The molecule has 0 radical (unpaired) electrons. The van der Waals surface area contributed by atoms with Gasteiger partial charge in [0.15, 0.2) is 0 Å². The van der Waals surface area contributed by atoms with Crippen molar-refractivity contribution in [1.82, 2.24) is 5.32 Å². The fourth-order valence-electron chi connectivity index (χ4n) is 1.55. The van der Waals surface area contributed by atoms with Gasteiger partial charge in [0.25, 0.3) is 0 Å². The third-order valence-electron chi connectivity index (χ3n) is 2.37. The van der Waals surface area contributed by atoms with Gasteiger partial charge in [0.2, 0.25) is 0 Å². The molecule has 0 saturated heterocycles. The highest BCUT2D eigenvalue weighted by Crippen LogP contribution is 2.08. The second-order valence-electron chi connectivity index (χ2n) is 3.84. The van der Waals surface area contributed by atoms with Gasteiger partial charge in [-0.15, -0.1) is 0 Å². The van der Waals surface area contributed by atoms with Crippen molar-refractivity contribution < 1.29 is 9.13 Å². The van der Waals surface area contributed by atoms with E-state index in [0.717, 1.165) is 31.6 Å². The van der Waals surface area contributed by atoms with Crippen molar-refractivity contribution in [1.29, 1.82) is 5.26 Å². The van der Waals surface area contributed by atoms with E-state index in [9.17, 15) is 4.39 Å². The van der Waals surface area contributed by atoms with Gasteiger partial charge in [0.1, 0.15) is 5.82 Å². The number of rotatable bonds is 7. The summed E-state index contributed by atoms with van der Waals surface area (Å²) in [7, 11) is 1.68. The molecule has 1 aromatic rings. The lowest BCUT2D eigenvalue weighted by molar-refractivity contribution is 0.192. The average Bonchev–Trinajstić information content (AvgIpc) is 2.33. The lowest BCUT2D eigenvalue weighted by atomic mass is 10.1. The van der Waals surface area contributed by atoms with E-state index in [1.165, 1.54) is 12.1 Å². The van der Waals surface area contributed by atoms with E-state index in [-0.39, 0.29) is 5.82 Å². The van der Waals surface area contributed by atoms with Crippen LogP contribution < -0.4 is 5.32 Å². The molecule has 0 bridgehead atoms.